The summed E-state index contributed by atoms with van der Waals surface area (Å²) in [7, 11) is 0. The van der Waals surface area contributed by atoms with Gasteiger partial charge in [0.25, 0.3) is 0 Å². The van der Waals surface area contributed by atoms with Crippen LogP contribution in [-0.2, 0) is 4.79 Å². The summed E-state index contributed by atoms with van der Waals surface area (Å²) >= 11 is 0. The van der Waals surface area contributed by atoms with Crippen molar-refractivity contribution in [3.05, 3.63) is 30.3 Å². The Labute approximate surface area is 146 Å². The molecule has 0 radical (unpaired) electrons. The van der Waals surface area contributed by atoms with Crippen molar-refractivity contribution in [3.63, 3.8) is 0 Å². The Hall–Kier alpha value is -2.24. The molecule has 0 bridgehead atoms. The van der Waals surface area contributed by atoms with Crippen LogP contribution in [0.15, 0.2) is 24.5 Å². The van der Waals surface area contributed by atoms with Gasteiger partial charge in [0, 0.05) is 31.6 Å². The van der Waals surface area contributed by atoms with Crippen molar-refractivity contribution < 1.29 is 9.18 Å². The van der Waals surface area contributed by atoms with Gasteiger partial charge in [0.2, 0.25) is 5.91 Å². The van der Waals surface area contributed by atoms with Gasteiger partial charge in [0.15, 0.2) is 0 Å². The van der Waals surface area contributed by atoms with Gasteiger partial charge in [0.1, 0.15) is 18.0 Å². The molecule has 0 aliphatic carbocycles. The first kappa shape index (κ1) is 16.2. The Morgan fingerprint density at radius 1 is 1.08 bits per heavy atom. The minimum absolute atomic E-state index is 0.00502. The van der Waals surface area contributed by atoms with Crippen LogP contribution in [0.3, 0.4) is 0 Å². The molecule has 0 saturated carbocycles. The van der Waals surface area contributed by atoms with Crippen molar-refractivity contribution in [1.29, 1.82) is 0 Å². The molecule has 2 aliphatic heterocycles. The van der Waals surface area contributed by atoms with Crippen molar-refractivity contribution >= 4 is 22.6 Å². The van der Waals surface area contributed by atoms with E-state index in [2.05, 4.69) is 14.9 Å². The van der Waals surface area contributed by atoms with E-state index in [-0.39, 0.29) is 17.6 Å². The third-order valence-electron chi connectivity index (χ3n) is 5.31. The molecule has 1 aromatic carbocycles. The number of aromatic nitrogens is 2. The van der Waals surface area contributed by atoms with Crippen LogP contribution in [0.25, 0.3) is 10.9 Å². The lowest BCUT2D eigenvalue weighted by Gasteiger charge is -2.37. The number of rotatable bonds is 2. The maximum Gasteiger partial charge on any atom is 0.227 e. The molecule has 1 aromatic heterocycles. The highest BCUT2D eigenvalue weighted by Gasteiger charge is 2.31. The summed E-state index contributed by atoms with van der Waals surface area (Å²) in [5.74, 6) is 0.724. The Balaban J connectivity index is 1.57. The number of amides is 1. The molecule has 1 amide bonds. The fourth-order valence-electron chi connectivity index (χ4n) is 4.01. The third kappa shape index (κ3) is 3.30. The quantitative estimate of drug-likeness (QED) is 0.842. The second-order valence-corrected chi connectivity index (χ2v) is 7.03. The first-order valence-corrected chi connectivity index (χ1v) is 9.16. The molecule has 1 atom stereocenters. The maximum absolute atomic E-state index is 13.7. The van der Waals surface area contributed by atoms with Gasteiger partial charge in [-0.05, 0) is 50.3 Å². The number of nitrogens with zero attached hydrogens (tertiary/aromatic N) is 4. The van der Waals surface area contributed by atoms with Gasteiger partial charge in [-0.1, -0.05) is 0 Å². The molecule has 2 aromatic rings. The number of hydrogen-bond acceptors (Lipinski definition) is 4. The van der Waals surface area contributed by atoms with Crippen LogP contribution >= 0.6 is 0 Å². The summed E-state index contributed by atoms with van der Waals surface area (Å²) in [5, 5.41) is 0.716. The zero-order valence-electron chi connectivity index (χ0n) is 14.3. The summed E-state index contributed by atoms with van der Waals surface area (Å²) in [5.41, 5.74) is 0.732. The zero-order valence-corrected chi connectivity index (χ0v) is 14.3. The largest absolute Gasteiger partial charge is 0.355 e. The van der Waals surface area contributed by atoms with Crippen LogP contribution in [0.2, 0.25) is 0 Å². The summed E-state index contributed by atoms with van der Waals surface area (Å²) < 4.78 is 13.7. The highest BCUT2D eigenvalue weighted by atomic mass is 19.1. The number of fused-ring (bicyclic) bond motifs is 1. The molecule has 25 heavy (non-hydrogen) atoms. The number of carbonyl (C=O) groups excluding carboxylic acids is 1. The highest BCUT2D eigenvalue weighted by Crippen LogP contribution is 2.29. The van der Waals surface area contributed by atoms with Crippen molar-refractivity contribution in [3.8, 4) is 0 Å². The summed E-state index contributed by atoms with van der Waals surface area (Å²) in [6.45, 7) is 3.26. The van der Waals surface area contributed by atoms with Crippen LogP contribution in [-0.4, -0.2) is 47.0 Å². The average molecular weight is 342 g/mol. The van der Waals surface area contributed by atoms with E-state index in [4.69, 9.17) is 0 Å². The molecule has 3 heterocycles. The Bertz CT molecular complexity index is 775. The van der Waals surface area contributed by atoms with Gasteiger partial charge in [-0.25, -0.2) is 14.4 Å². The van der Waals surface area contributed by atoms with Crippen molar-refractivity contribution in [2.45, 2.75) is 32.1 Å². The molecule has 5 nitrogen and oxygen atoms in total. The van der Waals surface area contributed by atoms with E-state index >= 15 is 0 Å². The van der Waals surface area contributed by atoms with E-state index in [9.17, 15) is 9.18 Å². The molecule has 6 heteroatoms. The van der Waals surface area contributed by atoms with E-state index in [1.807, 2.05) is 4.90 Å². The first-order valence-electron chi connectivity index (χ1n) is 9.16. The number of hydrogen-bond donors (Lipinski definition) is 0. The van der Waals surface area contributed by atoms with Gasteiger partial charge in [-0.2, -0.15) is 0 Å². The lowest BCUT2D eigenvalue weighted by atomic mass is 9.95. The molecule has 2 aliphatic rings. The lowest BCUT2D eigenvalue weighted by Crippen LogP contribution is -2.46. The summed E-state index contributed by atoms with van der Waals surface area (Å²) in [6.07, 6.45) is 6.83. The number of benzene rings is 1. The SMILES string of the molecule is O=C(C1CCCN(c2ncnc3ccc(F)cc23)C1)N1CCCCC1. The fraction of sp³-hybridized carbons (Fsp3) is 0.526. The number of likely N-dealkylation sites (tertiary alicyclic amines) is 1. The second kappa shape index (κ2) is 6.94. The highest BCUT2D eigenvalue weighted by molar-refractivity contribution is 5.89. The van der Waals surface area contributed by atoms with Crippen LogP contribution in [0.1, 0.15) is 32.1 Å². The van der Waals surface area contributed by atoms with Crippen molar-refractivity contribution in [2.75, 3.05) is 31.1 Å². The number of carbonyl (C=O) groups is 1. The Morgan fingerprint density at radius 3 is 2.76 bits per heavy atom. The summed E-state index contributed by atoms with van der Waals surface area (Å²) in [4.78, 5) is 25.6. The minimum atomic E-state index is -0.290. The van der Waals surface area contributed by atoms with E-state index in [1.54, 1.807) is 6.07 Å². The Kier molecular flexibility index (Phi) is 4.51. The molecular formula is C19H23FN4O. The lowest BCUT2D eigenvalue weighted by molar-refractivity contribution is -0.136. The van der Waals surface area contributed by atoms with E-state index in [1.165, 1.54) is 24.9 Å². The number of halogens is 1. The molecular weight excluding hydrogens is 319 g/mol. The zero-order chi connectivity index (χ0) is 17.2. The topological polar surface area (TPSA) is 49.3 Å². The summed E-state index contributed by atoms with van der Waals surface area (Å²) in [6, 6.07) is 4.58. The molecule has 2 saturated heterocycles. The van der Waals surface area contributed by atoms with Crippen molar-refractivity contribution in [1.82, 2.24) is 14.9 Å². The molecule has 0 spiro atoms. The number of anilines is 1. The van der Waals surface area contributed by atoms with Crippen LogP contribution in [0.4, 0.5) is 10.2 Å². The molecule has 4 rings (SSSR count). The predicted molar refractivity (Wildman–Crippen MR) is 94.9 cm³/mol. The normalized spacial score (nSPS) is 21.6. The fourth-order valence-corrected chi connectivity index (χ4v) is 4.01. The molecule has 1 unspecified atom stereocenters. The Morgan fingerprint density at radius 2 is 1.92 bits per heavy atom. The van der Waals surface area contributed by atoms with E-state index < -0.39 is 0 Å². The van der Waals surface area contributed by atoms with Gasteiger partial charge < -0.3 is 9.80 Å². The second-order valence-electron chi connectivity index (χ2n) is 7.03. The van der Waals surface area contributed by atoms with Gasteiger partial charge in [-0.15, -0.1) is 0 Å². The molecule has 2 fully saturated rings. The van der Waals surface area contributed by atoms with Crippen LogP contribution in [0, 0.1) is 11.7 Å². The first-order chi connectivity index (χ1) is 12.2. The standard InChI is InChI=1S/C19H23FN4O/c20-15-6-7-17-16(11-15)18(22-13-21-17)24-10-4-5-14(12-24)19(25)23-8-2-1-3-9-23/h6-7,11,13-14H,1-5,8-10,12H2. The van der Waals surface area contributed by atoms with Gasteiger partial charge >= 0.3 is 0 Å². The van der Waals surface area contributed by atoms with Gasteiger partial charge in [0.05, 0.1) is 11.4 Å². The number of piperidine rings is 2. The minimum Gasteiger partial charge on any atom is -0.355 e. The van der Waals surface area contributed by atoms with Crippen LogP contribution < -0.4 is 4.90 Å². The maximum atomic E-state index is 13.7. The van der Waals surface area contributed by atoms with E-state index in [0.29, 0.717) is 11.9 Å². The third-order valence-corrected chi connectivity index (χ3v) is 5.31. The molecule has 0 N–H and O–H groups in total. The van der Waals surface area contributed by atoms with Crippen molar-refractivity contribution in [2.24, 2.45) is 5.92 Å². The predicted octanol–water partition coefficient (Wildman–Crippen LogP) is 3.00. The smallest absolute Gasteiger partial charge is 0.227 e. The van der Waals surface area contributed by atoms with Crippen LogP contribution in [0.5, 0.6) is 0 Å². The molecule has 132 valence electrons. The van der Waals surface area contributed by atoms with Gasteiger partial charge in [-0.3, -0.25) is 4.79 Å². The van der Waals surface area contributed by atoms with E-state index in [0.717, 1.165) is 56.7 Å². The average Bonchev–Trinajstić information content (AvgIpc) is 2.67. The monoisotopic (exact) mass is 342 g/mol.